The van der Waals surface area contributed by atoms with Gasteiger partial charge in [0.15, 0.2) is 0 Å². The Balaban J connectivity index is 2.02. The fourth-order valence-corrected chi connectivity index (χ4v) is 3.83. The van der Waals surface area contributed by atoms with E-state index in [1.165, 1.54) is 37.7 Å². The lowest BCUT2D eigenvalue weighted by Crippen LogP contribution is -2.44. The molecule has 0 fully saturated rings. The third-order valence-electron chi connectivity index (χ3n) is 5.20. The van der Waals surface area contributed by atoms with Crippen molar-refractivity contribution in [3.05, 3.63) is 35.4 Å². The molecule has 1 aliphatic rings. The molecule has 118 valence electrons. The van der Waals surface area contributed by atoms with Crippen LogP contribution in [0.5, 0.6) is 0 Å². The Labute approximate surface area is 130 Å². The first-order chi connectivity index (χ1) is 10.2. The molecule has 0 saturated heterocycles. The van der Waals surface area contributed by atoms with Gasteiger partial charge in [-0.05, 0) is 50.4 Å². The van der Waals surface area contributed by atoms with Crippen LogP contribution in [0, 0.1) is 5.92 Å². The van der Waals surface area contributed by atoms with Crippen LogP contribution in [0.2, 0.25) is 0 Å². The Morgan fingerprint density at radius 1 is 1.19 bits per heavy atom. The molecule has 2 atom stereocenters. The number of rotatable bonds is 7. The van der Waals surface area contributed by atoms with Gasteiger partial charge in [-0.3, -0.25) is 0 Å². The van der Waals surface area contributed by atoms with Gasteiger partial charge in [-0.25, -0.2) is 0 Å². The van der Waals surface area contributed by atoms with Crippen molar-refractivity contribution < 1.29 is 0 Å². The Bertz CT molecular complexity index is 423. The molecule has 0 bridgehead atoms. The summed E-state index contributed by atoms with van der Waals surface area (Å²) in [5, 5.41) is 3.87. The minimum atomic E-state index is 0.548. The topological polar surface area (TPSA) is 15.3 Å². The number of fused-ring (bicyclic) bond motifs is 1. The molecule has 0 saturated carbocycles. The maximum absolute atomic E-state index is 3.87. The number of benzene rings is 1. The molecule has 2 heteroatoms. The molecule has 0 heterocycles. The van der Waals surface area contributed by atoms with Gasteiger partial charge in [0, 0.05) is 18.6 Å². The SMILES string of the molecule is CCC(CC)C(CNC1CCCc2ccccc21)N(C)C. The molecule has 0 radical (unpaired) electrons. The first-order valence-electron chi connectivity index (χ1n) is 8.64. The second-order valence-electron chi connectivity index (χ2n) is 6.66. The van der Waals surface area contributed by atoms with Gasteiger partial charge in [-0.15, -0.1) is 0 Å². The fraction of sp³-hybridized carbons (Fsp3) is 0.684. The summed E-state index contributed by atoms with van der Waals surface area (Å²) in [4.78, 5) is 2.40. The normalized spacial score (nSPS) is 19.8. The van der Waals surface area contributed by atoms with Crippen LogP contribution in [0.4, 0.5) is 0 Å². The van der Waals surface area contributed by atoms with Gasteiger partial charge in [0.05, 0.1) is 0 Å². The first-order valence-corrected chi connectivity index (χ1v) is 8.64. The van der Waals surface area contributed by atoms with Crippen LogP contribution in [-0.4, -0.2) is 31.6 Å². The van der Waals surface area contributed by atoms with E-state index in [0.29, 0.717) is 12.1 Å². The third-order valence-corrected chi connectivity index (χ3v) is 5.20. The lowest BCUT2D eigenvalue weighted by Gasteiger charge is -2.34. The van der Waals surface area contributed by atoms with Crippen LogP contribution in [0.3, 0.4) is 0 Å². The van der Waals surface area contributed by atoms with E-state index in [1.807, 2.05) is 0 Å². The molecule has 21 heavy (non-hydrogen) atoms. The predicted octanol–water partition coefficient (Wildman–Crippen LogP) is 4.02. The van der Waals surface area contributed by atoms with Crippen molar-refractivity contribution in [2.75, 3.05) is 20.6 Å². The van der Waals surface area contributed by atoms with Crippen LogP contribution < -0.4 is 5.32 Å². The molecular weight excluding hydrogens is 256 g/mol. The number of nitrogens with zero attached hydrogens (tertiary/aromatic N) is 1. The highest BCUT2D eigenvalue weighted by molar-refractivity contribution is 5.32. The summed E-state index contributed by atoms with van der Waals surface area (Å²) in [5.41, 5.74) is 3.08. The van der Waals surface area contributed by atoms with Crippen molar-refractivity contribution in [2.45, 2.75) is 58.0 Å². The standard InChI is InChI=1S/C19H32N2/c1-5-15(6-2)19(21(3)4)14-20-18-13-9-11-16-10-7-8-12-17(16)18/h7-8,10,12,15,18-20H,5-6,9,11,13-14H2,1-4H3. The molecule has 0 amide bonds. The minimum absolute atomic E-state index is 0.548. The van der Waals surface area contributed by atoms with Gasteiger partial charge in [0.25, 0.3) is 0 Å². The molecule has 1 aromatic rings. The van der Waals surface area contributed by atoms with Crippen LogP contribution in [0.1, 0.15) is 56.7 Å². The van der Waals surface area contributed by atoms with Gasteiger partial charge < -0.3 is 10.2 Å². The van der Waals surface area contributed by atoms with E-state index in [-0.39, 0.29) is 0 Å². The summed E-state index contributed by atoms with van der Waals surface area (Å²) in [7, 11) is 4.44. The smallest absolute Gasteiger partial charge is 0.0323 e. The van der Waals surface area contributed by atoms with E-state index in [9.17, 15) is 0 Å². The number of hydrogen-bond acceptors (Lipinski definition) is 2. The highest BCUT2D eigenvalue weighted by Crippen LogP contribution is 2.29. The van der Waals surface area contributed by atoms with Crippen LogP contribution in [0.15, 0.2) is 24.3 Å². The second kappa shape index (κ2) is 7.95. The number of aryl methyl sites for hydroxylation is 1. The first kappa shape index (κ1) is 16.5. The van der Waals surface area contributed by atoms with Crippen molar-refractivity contribution >= 4 is 0 Å². The van der Waals surface area contributed by atoms with Crippen LogP contribution >= 0.6 is 0 Å². The van der Waals surface area contributed by atoms with Gasteiger partial charge in [-0.2, -0.15) is 0 Å². The molecule has 0 spiro atoms. The van der Waals surface area contributed by atoms with Crippen molar-refractivity contribution in [3.8, 4) is 0 Å². The van der Waals surface area contributed by atoms with Crippen LogP contribution in [0.25, 0.3) is 0 Å². The molecule has 1 aliphatic carbocycles. The summed E-state index contributed by atoms with van der Waals surface area (Å²) in [5.74, 6) is 0.784. The summed E-state index contributed by atoms with van der Waals surface area (Å²) >= 11 is 0. The largest absolute Gasteiger partial charge is 0.308 e. The highest BCUT2D eigenvalue weighted by atomic mass is 15.1. The summed E-state index contributed by atoms with van der Waals surface area (Å²) < 4.78 is 0. The Kier molecular flexibility index (Phi) is 6.25. The maximum atomic E-state index is 3.87. The maximum Gasteiger partial charge on any atom is 0.0323 e. The quantitative estimate of drug-likeness (QED) is 0.815. The van der Waals surface area contributed by atoms with Gasteiger partial charge >= 0.3 is 0 Å². The Hall–Kier alpha value is -0.860. The van der Waals surface area contributed by atoms with Crippen molar-refractivity contribution in [3.63, 3.8) is 0 Å². The summed E-state index contributed by atoms with van der Waals surface area (Å²) in [6.45, 7) is 5.74. The third kappa shape index (κ3) is 4.08. The van der Waals surface area contributed by atoms with Crippen molar-refractivity contribution in [1.29, 1.82) is 0 Å². The minimum Gasteiger partial charge on any atom is -0.308 e. The van der Waals surface area contributed by atoms with Crippen molar-refractivity contribution in [2.24, 2.45) is 5.92 Å². The van der Waals surface area contributed by atoms with E-state index < -0.39 is 0 Å². The molecule has 0 aliphatic heterocycles. The predicted molar refractivity (Wildman–Crippen MR) is 91.7 cm³/mol. The van der Waals surface area contributed by atoms with Gasteiger partial charge in [0.1, 0.15) is 0 Å². The van der Waals surface area contributed by atoms with Gasteiger partial charge in [0.2, 0.25) is 0 Å². The van der Waals surface area contributed by atoms with E-state index in [0.717, 1.165) is 12.5 Å². The molecule has 0 aromatic heterocycles. The molecule has 2 unspecified atom stereocenters. The molecular formula is C19H32N2. The van der Waals surface area contributed by atoms with Gasteiger partial charge in [-0.1, -0.05) is 51.0 Å². The zero-order valence-electron chi connectivity index (χ0n) is 14.2. The van der Waals surface area contributed by atoms with E-state index in [4.69, 9.17) is 0 Å². The average Bonchev–Trinajstić information content (AvgIpc) is 2.51. The second-order valence-corrected chi connectivity index (χ2v) is 6.66. The average molecular weight is 288 g/mol. The number of hydrogen-bond donors (Lipinski definition) is 1. The van der Waals surface area contributed by atoms with E-state index >= 15 is 0 Å². The van der Waals surface area contributed by atoms with Crippen LogP contribution in [-0.2, 0) is 6.42 Å². The Morgan fingerprint density at radius 3 is 2.57 bits per heavy atom. The highest BCUT2D eigenvalue weighted by Gasteiger charge is 2.24. The number of nitrogens with one attached hydrogen (secondary N) is 1. The zero-order chi connectivity index (χ0) is 15.2. The Morgan fingerprint density at radius 2 is 1.90 bits per heavy atom. The van der Waals surface area contributed by atoms with E-state index in [1.54, 1.807) is 5.56 Å². The monoisotopic (exact) mass is 288 g/mol. The molecule has 2 rings (SSSR count). The van der Waals surface area contributed by atoms with Crippen molar-refractivity contribution in [1.82, 2.24) is 10.2 Å². The number of likely N-dealkylation sites (N-methyl/N-ethyl adjacent to an activating group) is 1. The summed E-state index contributed by atoms with van der Waals surface area (Å²) in [6, 6.07) is 10.2. The molecule has 1 aromatic carbocycles. The van der Waals surface area contributed by atoms with E-state index in [2.05, 4.69) is 62.4 Å². The molecule has 2 nitrogen and oxygen atoms in total. The lowest BCUT2D eigenvalue weighted by atomic mass is 9.87. The lowest BCUT2D eigenvalue weighted by molar-refractivity contribution is 0.187. The molecule has 1 N–H and O–H groups in total. The fourth-order valence-electron chi connectivity index (χ4n) is 3.83. The summed E-state index contributed by atoms with van der Waals surface area (Å²) in [6.07, 6.45) is 6.37. The zero-order valence-corrected chi connectivity index (χ0v) is 14.2.